The van der Waals surface area contributed by atoms with Crippen LogP contribution in [0.5, 0.6) is 5.75 Å². The molecule has 0 radical (unpaired) electrons. The molecule has 1 saturated heterocycles. The Morgan fingerprint density at radius 1 is 1.12 bits per heavy atom. The van der Waals surface area contributed by atoms with Gasteiger partial charge in [-0.1, -0.05) is 30.3 Å². The number of urea groups is 1. The Kier molecular flexibility index (Phi) is 4.65. The van der Waals surface area contributed by atoms with E-state index in [-0.39, 0.29) is 23.7 Å². The molecule has 3 N–H and O–H groups in total. The Hall–Kier alpha value is -3.02. The molecule has 0 bridgehead atoms. The van der Waals surface area contributed by atoms with E-state index in [0.29, 0.717) is 25.2 Å². The maximum absolute atomic E-state index is 12.1. The van der Waals surface area contributed by atoms with Crippen molar-refractivity contribution in [3.63, 3.8) is 0 Å². The molecular weight excluding hydrogens is 306 g/mol. The molecule has 1 atom stereocenters. The third-order valence-electron chi connectivity index (χ3n) is 3.89. The lowest BCUT2D eigenvalue weighted by molar-refractivity contribution is -0.128. The summed E-state index contributed by atoms with van der Waals surface area (Å²) in [7, 11) is 0. The molecule has 2 aromatic carbocycles. The second kappa shape index (κ2) is 7.04. The van der Waals surface area contributed by atoms with Crippen LogP contribution in [0.15, 0.2) is 54.6 Å². The van der Waals surface area contributed by atoms with Crippen LogP contribution < -0.4 is 10.6 Å². The number of likely N-dealkylation sites (tertiary alicyclic amines) is 1. The number of carbonyl (C=O) groups is 2. The molecular formula is C18H19N3O3. The highest BCUT2D eigenvalue weighted by molar-refractivity contribution is 5.90. The number of phenolic OH excluding ortho intramolecular Hbond substituents is 1. The van der Waals surface area contributed by atoms with Gasteiger partial charge in [0.2, 0.25) is 5.91 Å². The summed E-state index contributed by atoms with van der Waals surface area (Å²) < 4.78 is 0. The van der Waals surface area contributed by atoms with Gasteiger partial charge in [0.15, 0.2) is 0 Å². The van der Waals surface area contributed by atoms with E-state index < -0.39 is 0 Å². The average Bonchev–Trinajstić information content (AvgIpc) is 2.90. The highest BCUT2D eigenvalue weighted by Gasteiger charge is 2.30. The van der Waals surface area contributed by atoms with E-state index in [0.717, 1.165) is 5.56 Å². The molecule has 124 valence electrons. The van der Waals surface area contributed by atoms with Gasteiger partial charge in [0.05, 0.1) is 6.04 Å². The molecule has 1 fully saturated rings. The Balaban J connectivity index is 1.52. The molecule has 1 aliphatic heterocycles. The minimum Gasteiger partial charge on any atom is -0.508 e. The summed E-state index contributed by atoms with van der Waals surface area (Å²) in [6.45, 7) is 1.05. The SMILES string of the molecule is O=C(Nc1ccc(O)cc1)NC1CC(=O)N(Cc2ccccc2)C1. The smallest absolute Gasteiger partial charge is 0.319 e. The van der Waals surface area contributed by atoms with Crippen molar-refractivity contribution >= 4 is 17.6 Å². The second-order valence-electron chi connectivity index (χ2n) is 5.81. The molecule has 0 aromatic heterocycles. The number of phenols is 1. The van der Waals surface area contributed by atoms with Crippen molar-refractivity contribution in [1.29, 1.82) is 0 Å². The van der Waals surface area contributed by atoms with Crippen molar-refractivity contribution in [3.8, 4) is 5.75 Å². The zero-order valence-electron chi connectivity index (χ0n) is 13.1. The molecule has 24 heavy (non-hydrogen) atoms. The van der Waals surface area contributed by atoms with E-state index in [1.807, 2.05) is 30.3 Å². The quantitative estimate of drug-likeness (QED) is 0.755. The van der Waals surface area contributed by atoms with Gasteiger partial charge < -0.3 is 20.6 Å². The van der Waals surface area contributed by atoms with Crippen molar-refractivity contribution in [2.24, 2.45) is 0 Å². The number of benzene rings is 2. The minimum atomic E-state index is -0.361. The summed E-state index contributed by atoms with van der Waals surface area (Å²) in [5, 5.41) is 14.7. The molecule has 0 aliphatic carbocycles. The lowest BCUT2D eigenvalue weighted by Crippen LogP contribution is -2.39. The number of carbonyl (C=O) groups excluding carboxylic acids is 2. The first kappa shape index (κ1) is 15.9. The van der Waals surface area contributed by atoms with E-state index in [1.54, 1.807) is 17.0 Å². The van der Waals surface area contributed by atoms with Crippen LogP contribution in [-0.2, 0) is 11.3 Å². The van der Waals surface area contributed by atoms with Crippen molar-refractivity contribution in [1.82, 2.24) is 10.2 Å². The first-order valence-corrected chi connectivity index (χ1v) is 7.78. The molecule has 1 unspecified atom stereocenters. The van der Waals surface area contributed by atoms with Gasteiger partial charge in [-0.3, -0.25) is 4.79 Å². The van der Waals surface area contributed by atoms with E-state index in [2.05, 4.69) is 10.6 Å². The number of nitrogens with zero attached hydrogens (tertiary/aromatic N) is 1. The summed E-state index contributed by atoms with van der Waals surface area (Å²) in [6.07, 6.45) is 0.301. The summed E-state index contributed by atoms with van der Waals surface area (Å²) >= 11 is 0. The van der Waals surface area contributed by atoms with Crippen LogP contribution in [0.1, 0.15) is 12.0 Å². The van der Waals surface area contributed by atoms with Crippen LogP contribution >= 0.6 is 0 Å². The summed E-state index contributed by atoms with van der Waals surface area (Å²) in [4.78, 5) is 25.9. The van der Waals surface area contributed by atoms with Gasteiger partial charge in [-0.2, -0.15) is 0 Å². The largest absolute Gasteiger partial charge is 0.508 e. The maximum atomic E-state index is 12.1. The zero-order valence-corrected chi connectivity index (χ0v) is 13.1. The average molecular weight is 325 g/mol. The Labute approximate surface area is 140 Å². The summed E-state index contributed by atoms with van der Waals surface area (Å²) in [5.41, 5.74) is 1.65. The van der Waals surface area contributed by atoms with Crippen molar-refractivity contribution in [2.45, 2.75) is 19.0 Å². The number of rotatable bonds is 4. The van der Waals surface area contributed by atoms with Crippen molar-refractivity contribution in [3.05, 3.63) is 60.2 Å². The second-order valence-corrected chi connectivity index (χ2v) is 5.81. The normalized spacial score (nSPS) is 16.9. The fourth-order valence-electron chi connectivity index (χ4n) is 2.72. The van der Waals surface area contributed by atoms with Crippen LogP contribution in [0.4, 0.5) is 10.5 Å². The van der Waals surface area contributed by atoms with E-state index >= 15 is 0 Å². The van der Waals surface area contributed by atoms with Crippen LogP contribution in [0.3, 0.4) is 0 Å². The number of hydrogen-bond acceptors (Lipinski definition) is 3. The predicted octanol–water partition coefficient (Wildman–Crippen LogP) is 2.31. The third-order valence-corrected chi connectivity index (χ3v) is 3.89. The van der Waals surface area contributed by atoms with Crippen molar-refractivity contribution in [2.75, 3.05) is 11.9 Å². The highest BCUT2D eigenvalue weighted by Crippen LogP contribution is 2.16. The number of nitrogens with one attached hydrogen (secondary N) is 2. The Bertz CT molecular complexity index is 716. The first-order valence-electron chi connectivity index (χ1n) is 7.78. The van der Waals surface area contributed by atoms with E-state index in [1.165, 1.54) is 12.1 Å². The molecule has 0 spiro atoms. The van der Waals surface area contributed by atoms with Gasteiger partial charge in [0.25, 0.3) is 0 Å². The Morgan fingerprint density at radius 2 is 1.83 bits per heavy atom. The van der Waals surface area contributed by atoms with Gasteiger partial charge in [-0.15, -0.1) is 0 Å². The number of hydrogen-bond donors (Lipinski definition) is 3. The number of anilines is 1. The van der Waals surface area contributed by atoms with Gasteiger partial charge in [-0.25, -0.2) is 4.79 Å². The molecule has 3 amide bonds. The third kappa shape index (κ3) is 4.04. The highest BCUT2D eigenvalue weighted by atomic mass is 16.3. The van der Waals surface area contributed by atoms with Crippen LogP contribution in [0.25, 0.3) is 0 Å². The van der Waals surface area contributed by atoms with E-state index in [4.69, 9.17) is 0 Å². The molecule has 3 rings (SSSR count). The molecule has 1 heterocycles. The molecule has 6 heteroatoms. The van der Waals surface area contributed by atoms with Gasteiger partial charge in [0, 0.05) is 25.2 Å². The summed E-state index contributed by atoms with van der Waals surface area (Å²) in [6, 6.07) is 15.4. The minimum absolute atomic E-state index is 0.0359. The molecule has 6 nitrogen and oxygen atoms in total. The lowest BCUT2D eigenvalue weighted by atomic mass is 10.2. The Morgan fingerprint density at radius 3 is 2.54 bits per heavy atom. The zero-order chi connectivity index (χ0) is 16.9. The standard InChI is InChI=1S/C18H19N3O3/c22-16-8-6-14(7-9-16)19-18(24)20-15-10-17(23)21(12-15)11-13-4-2-1-3-5-13/h1-9,15,22H,10-12H2,(H2,19,20,24). The summed E-state index contributed by atoms with van der Waals surface area (Å²) in [5.74, 6) is 0.174. The maximum Gasteiger partial charge on any atom is 0.319 e. The molecule has 1 aliphatic rings. The lowest BCUT2D eigenvalue weighted by Gasteiger charge is -2.17. The van der Waals surface area contributed by atoms with Crippen molar-refractivity contribution < 1.29 is 14.7 Å². The van der Waals surface area contributed by atoms with Gasteiger partial charge in [0.1, 0.15) is 5.75 Å². The molecule has 0 saturated carbocycles. The van der Waals surface area contributed by atoms with Crippen LogP contribution in [-0.4, -0.2) is 34.5 Å². The monoisotopic (exact) mass is 325 g/mol. The van der Waals surface area contributed by atoms with Crippen LogP contribution in [0.2, 0.25) is 0 Å². The van der Waals surface area contributed by atoms with E-state index in [9.17, 15) is 14.7 Å². The fourth-order valence-corrected chi connectivity index (χ4v) is 2.72. The fraction of sp³-hybridized carbons (Fsp3) is 0.222. The topological polar surface area (TPSA) is 81.7 Å². The number of aromatic hydroxyl groups is 1. The first-order chi connectivity index (χ1) is 11.6. The van der Waals surface area contributed by atoms with Gasteiger partial charge in [-0.05, 0) is 29.8 Å². The number of amides is 3. The molecule has 2 aromatic rings. The van der Waals surface area contributed by atoms with Crippen LogP contribution in [0, 0.1) is 0 Å². The predicted molar refractivity (Wildman–Crippen MR) is 90.5 cm³/mol. The van der Waals surface area contributed by atoms with Gasteiger partial charge >= 0.3 is 6.03 Å².